The molecule has 204 valence electrons. The first-order valence-electron chi connectivity index (χ1n) is 13.7. The maximum Gasteiger partial charge on any atom is 0.315 e. The van der Waals surface area contributed by atoms with E-state index in [4.69, 9.17) is 4.74 Å². The number of rotatable bonds is 8. The lowest BCUT2D eigenvalue weighted by atomic mass is 9.86. The molecule has 4 amide bonds. The lowest BCUT2D eigenvalue weighted by Gasteiger charge is -2.40. The topological polar surface area (TPSA) is 129 Å². The molecule has 0 spiro atoms. The van der Waals surface area contributed by atoms with Gasteiger partial charge in [-0.2, -0.15) is 0 Å². The molecular formula is C26H45N5O5. The van der Waals surface area contributed by atoms with Gasteiger partial charge in [0.05, 0.1) is 19.6 Å². The second-order valence-corrected chi connectivity index (χ2v) is 11.1. The van der Waals surface area contributed by atoms with Gasteiger partial charge in [0.1, 0.15) is 0 Å². The minimum Gasteiger partial charge on any atom is -0.469 e. The monoisotopic (exact) mass is 507 g/mol. The minimum absolute atomic E-state index is 0.0184. The molecule has 36 heavy (non-hydrogen) atoms. The van der Waals surface area contributed by atoms with Gasteiger partial charge in [-0.1, -0.05) is 19.8 Å². The zero-order valence-corrected chi connectivity index (χ0v) is 22.3. The van der Waals surface area contributed by atoms with Gasteiger partial charge in [-0.15, -0.1) is 0 Å². The number of hydrazine groups is 1. The molecule has 10 heteroatoms. The summed E-state index contributed by atoms with van der Waals surface area (Å²) in [6, 6.07) is 0.0127. The van der Waals surface area contributed by atoms with E-state index in [2.05, 4.69) is 28.3 Å². The van der Waals surface area contributed by atoms with Crippen LogP contribution < -0.4 is 21.4 Å². The molecule has 3 fully saturated rings. The Morgan fingerprint density at radius 1 is 1.00 bits per heavy atom. The molecule has 0 aromatic carbocycles. The van der Waals surface area contributed by atoms with Crippen LogP contribution in [0.1, 0.15) is 91.4 Å². The van der Waals surface area contributed by atoms with Crippen molar-refractivity contribution in [2.24, 2.45) is 11.8 Å². The Balaban J connectivity index is 1.40. The van der Waals surface area contributed by atoms with E-state index < -0.39 is 5.92 Å². The number of carbonyl (C=O) groups excluding carboxylic acids is 4. The molecule has 3 aliphatic rings. The number of hydrogen-bond acceptors (Lipinski definition) is 6. The fourth-order valence-electron chi connectivity index (χ4n) is 5.83. The Hall–Kier alpha value is -2.36. The summed E-state index contributed by atoms with van der Waals surface area (Å²) in [5, 5.41) is 10.9. The van der Waals surface area contributed by atoms with Gasteiger partial charge >= 0.3 is 12.0 Å². The molecule has 1 saturated heterocycles. The summed E-state index contributed by atoms with van der Waals surface area (Å²) < 4.78 is 4.72. The van der Waals surface area contributed by atoms with E-state index in [0.717, 1.165) is 32.1 Å². The summed E-state index contributed by atoms with van der Waals surface area (Å²) in [6.45, 7) is 5.96. The summed E-state index contributed by atoms with van der Waals surface area (Å²) >= 11 is 0. The van der Waals surface area contributed by atoms with Crippen molar-refractivity contribution in [1.29, 1.82) is 0 Å². The molecule has 1 heterocycles. The highest BCUT2D eigenvalue weighted by Gasteiger charge is 2.37. The van der Waals surface area contributed by atoms with Gasteiger partial charge < -0.3 is 20.7 Å². The molecule has 1 aliphatic heterocycles. The SMILES string of the molecule is COC(=O)C[C@@H](C)N1NC(C)CC(CC(=O)NC2CCC(NC(=O)NC3CCCCC3C)CC2)C1=O. The zero-order valence-electron chi connectivity index (χ0n) is 22.3. The Bertz CT molecular complexity index is 785. The maximum absolute atomic E-state index is 13.0. The van der Waals surface area contributed by atoms with Gasteiger partial charge in [-0.05, 0) is 64.7 Å². The van der Waals surface area contributed by atoms with Crippen molar-refractivity contribution in [1.82, 2.24) is 26.4 Å². The minimum atomic E-state index is -0.426. The van der Waals surface area contributed by atoms with E-state index in [9.17, 15) is 19.2 Å². The third-order valence-electron chi connectivity index (χ3n) is 8.00. The summed E-state index contributed by atoms with van der Waals surface area (Å²) in [4.78, 5) is 49.9. The van der Waals surface area contributed by atoms with Crippen molar-refractivity contribution >= 4 is 23.8 Å². The lowest BCUT2D eigenvalue weighted by Crippen LogP contribution is -2.59. The highest BCUT2D eigenvalue weighted by molar-refractivity contribution is 5.86. The van der Waals surface area contributed by atoms with Crippen LogP contribution in [0, 0.1) is 11.8 Å². The Labute approximate surface area is 215 Å². The quantitative estimate of drug-likeness (QED) is 0.374. The van der Waals surface area contributed by atoms with Gasteiger partial charge in [-0.3, -0.25) is 19.4 Å². The van der Waals surface area contributed by atoms with Crippen LogP contribution in [0.4, 0.5) is 4.79 Å². The number of nitrogens with one attached hydrogen (secondary N) is 4. The first-order valence-corrected chi connectivity index (χ1v) is 13.7. The fraction of sp³-hybridized carbons (Fsp3) is 0.846. The van der Waals surface area contributed by atoms with Crippen molar-refractivity contribution in [3.05, 3.63) is 0 Å². The predicted molar refractivity (Wildman–Crippen MR) is 136 cm³/mol. The molecule has 10 nitrogen and oxygen atoms in total. The number of amides is 4. The van der Waals surface area contributed by atoms with Crippen molar-refractivity contribution in [3.8, 4) is 0 Å². The number of nitrogens with zero attached hydrogens (tertiary/aromatic N) is 1. The second kappa shape index (κ2) is 13.3. The summed E-state index contributed by atoms with van der Waals surface area (Å²) in [5.74, 6) is -0.566. The van der Waals surface area contributed by atoms with Crippen LogP contribution in [0.2, 0.25) is 0 Å². The van der Waals surface area contributed by atoms with Crippen LogP contribution in [0.5, 0.6) is 0 Å². The highest BCUT2D eigenvalue weighted by Crippen LogP contribution is 2.25. The van der Waals surface area contributed by atoms with E-state index in [1.54, 1.807) is 6.92 Å². The summed E-state index contributed by atoms with van der Waals surface area (Å²) in [7, 11) is 1.33. The van der Waals surface area contributed by atoms with Gasteiger partial charge in [-0.25, -0.2) is 10.2 Å². The van der Waals surface area contributed by atoms with Crippen LogP contribution in [0.3, 0.4) is 0 Å². The van der Waals surface area contributed by atoms with Gasteiger partial charge in [0.25, 0.3) is 0 Å². The molecule has 4 unspecified atom stereocenters. The molecule has 0 aromatic heterocycles. The molecule has 2 aliphatic carbocycles. The standard InChI is InChI=1S/C26H45N5O5/c1-16-7-5-6-8-22(16)29-26(35)28-21-11-9-20(10-12-21)27-23(32)15-19-13-17(2)30-31(25(19)34)18(3)14-24(33)36-4/h16-22,30H,5-15H2,1-4H3,(H,27,32)(H2,28,29,35)/t16?,17?,18-,19?,20?,21?,22?/m1/s1. The fourth-order valence-corrected chi connectivity index (χ4v) is 5.83. The van der Waals surface area contributed by atoms with Crippen LogP contribution in [-0.2, 0) is 19.1 Å². The molecule has 5 atom stereocenters. The molecule has 0 radical (unpaired) electrons. The third kappa shape index (κ3) is 8.08. The van der Waals surface area contributed by atoms with E-state index in [0.29, 0.717) is 12.3 Å². The van der Waals surface area contributed by atoms with E-state index in [-0.39, 0.29) is 66.9 Å². The smallest absolute Gasteiger partial charge is 0.315 e. The number of esters is 1. The van der Waals surface area contributed by atoms with Crippen molar-refractivity contribution in [3.63, 3.8) is 0 Å². The molecule has 0 aromatic rings. The average molecular weight is 508 g/mol. The van der Waals surface area contributed by atoms with Crippen LogP contribution in [0.15, 0.2) is 0 Å². The number of hydrogen-bond donors (Lipinski definition) is 4. The Kier molecular flexibility index (Phi) is 10.4. The first kappa shape index (κ1) is 28.2. The summed E-state index contributed by atoms with van der Waals surface area (Å²) in [5.41, 5.74) is 3.13. The largest absolute Gasteiger partial charge is 0.469 e. The Morgan fingerprint density at radius 2 is 1.64 bits per heavy atom. The third-order valence-corrected chi connectivity index (χ3v) is 8.00. The molecule has 2 saturated carbocycles. The number of ether oxygens (including phenoxy) is 1. The summed E-state index contributed by atoms with van der Waals surface area (Å²) in [6.07, 6.45) is 8.67. The lowest BCUT2D eigenvalue weighted by molar-refractivity contribution is -0.152. The van der Waals surface area contributed by atoms with Crippen LogP contribution in [-0.4, -0.2) is 66.1 Å². The normalized spacial score (nSPS) is 31.8. The van der Waals surface area contributed by atoms with Crippen molar-refractivity contribution in [2.45, 2.75) is 122 Å². The maximum atomic E-state index is 13.0. The molecular weight excluding hydrogens is 462 g/mol. The predicted octanol–water partition coefficient (Wildman–Crippen LogP) is 2.38. The Morgan fingerprint density at radius 3 is 2.28 bits per heavy atom. The molecule has 0 bridgehead atoms. The van der Waals surface area contributed by atoms with E-state index in [1.807, 2.05) is 6.92 Å². The van der Waals surface area contributed by atoms with Gasteiger partial charge in [0, 0.05) is 36.5 Å². The van der Waals surface area contributed by atoms with Crippen molar-refractivity contribution in [2.75, 3.05) is 7.11 Å². The van der Waals surface area contributed by atoms with E-state index in [1.165, 1.54) is 31.4 Å². The van der Waals surface area contributed by atoms with Gasteiger partial charge in [0.2, 0.25) is 11.8 Å². The second-order valence-electron chi connectivity index (χ2n) is 11.1. The van der Waals surface area contributed by atoms with E-state index >= 15 is 0 Å². The van der Waals surface area contributed by atoms with Crippen molar-refractivity contribution < 1.29 is 23.9 Å². The number of methoxy groups -OCH3 is 1. The molecule has 4 N–H and O–H groups in total. The van der Waals surface area contributed by atoms with Crippen LogP contribution in [0.25, 0.3) is 0 Å². The number of urea groups is 1. The average Bonchev–Trinajstić information content (AvgIpc) is 2.83. The molecule has 3 rings (SSSR count). The number of carbonyl (C=O) groups is 4. The van der Waals surface area contributed by atoms with Gasteiger partial charge in [0.15, 0.2) is 0 Å². The van der Waals surface area contributed by atoms with Crippen LogP contribution >= 0.6 is 0 Å². The first-order chi connectivity index (χ1) is 17.2. The zero-order chi connectivity index (χ0) is 26.2. The highest BCUT2D eigenvalue weighted by atomic mass is 16.5.